The van der Waals surface area contributed by atoms with Gasteiger partial charge in [0.05, 0.1) is 13.2 Å². The van der Waals surface area contributed by atoms with Gasteiger partial charge in [-0.3, -0.25) is 0 Å². The minimum atomic E-state index is -0.00427. The molecule has 118 valence electrons. The number of ether oxygens (including phenoxy) is 2. The molecule has 4 heteroatoms. The number of rotatable bonds is 9. The molecule has 0 radical (unpaired) electrons. The second kappa shape index (κ2) is 9.08. The van der Waals surface area contributed by atoms with E-state index in [1.165, 1.54) is 0 Å². The molecule has 0 bridgehead atoms. The van der Waals surface area contributed by atoms with Crippen molar-refractivity contribution < 1.29 is 9.47 Å². The number of nitrogens with one attached hydrogen (secondary N) is 1. The molecule has 0 aliphatic carbocycles. The minimum absolute atomic E-state index is 0.00427. The van der Waals surface area contributed by atoms with E-state index in [2.05, 4.69) is 32.7 Å². The second-order valence-electron chi connectivity index (χ2n) is 5.84. The van der Waals surface area contributed by atoms with Crippen LogP contribution in [0.15, 0.2) is 30.9 Å². The Morgan fingerprint density at radius 2 is 2.00 bits per heavy atom. The van der Waals surface area contributed by atoms with Crippen molar-refractivity contribution in [2.24, 2.45) is 0 Å². The van der Waals surface area contributed by atoms with Crippen molar-refractivity contribution >= 4 is 11.6 Å². The Balaban J connectivity index is 2.37. The van der Waals surface area contributed by atoms with E-state index in [4.69, 9.17) is 21.1 Å². The number of benzene rings is 1. The first-order valence-electron chi connectivity index (χ1n) is 7.27. The van der Waals surface area contributed by atoms with Crippen LogP contribution in [0, 0.1) is 0 Å². The topological polar surface area (TPSA) is 30.5 Å². The lowest BCUT2D eigenvalue weighted by atomic mass is 9.86. The van der Waals surface area contributed by atoms with E-state index in [1.807, 2.05) is 24.3 Å². The van der Waals surface area contributed by atoms with E-state index >= 15 is 0 Å². The lowest BCUT2D eigenvalue weighted by Crippen LogP contribution is -2.21. The van der Waals surface area contributed by atoms with Gasteiger partial charge in [-0.2, -0.15) is 0 Å². The van der Waals surface area contributed by atoms with Crippen LogP contribution in [0.2, 0.25) is 5.02 Å². The molecule has 0 heterocycles. The summed E-state index contributed by atoms with van der Waals surface area (Å²) in [5, 5.41) is 3.91. The first-order chi connectivity index (χ1) is 9.95. The average Bonchev–Trinajstić information content (AvgIpc) is 2.42. The van der Waals surface area contributed by atoms with Gasteiger partial charge in [-0.1, -0.05) is 38.4 Å². The lowest BCUT2D eigenvalue weighted by molar-refractivity contribution is 0.101. The molecule has 0 aliphatic rings. The molecule has 0 unspecified atom stereocenters. The molecule has 0 spiro atoms. The molecule has 1 aromatic rings. The maximum absolute atomic E-state index is 6.07. The molecule has 0 saturated heterocycles. The van der Waals surface area contributed by atoms with Gasteiger partial charge in [0.1, 0.15) is 12.4 Å². The monoisotopic (exact) mass is 311 g/mol. The lowest BCUT2D eigenvalue weighted by Gasteiger charge is -2.23. The van der Waals surface area contributed by atoms with Gasteiger partial charge < -0.3 is 14.8 Å². The zero-order chi connectivity index (χ0) is 15.7. The van der Waals surface area contributed by atoms with Crippen LogP contribution in [-0.2, 0) is 10.2 Å². The third kappa shape index (κ3) is 6.98. The van der Waals surface area contributed by atoms with Gasteiger partial charge in [0.25, 0.3) is 0 Å². The van der Waals surface area contributed by atoms with Crippen molar-refractivity contribution in [3.8, 4) is 5.75 Å². The molecule has 1 rings (SSSR count). The molecular formula is C17H26ClNO2. The Bertz CT molecular complexity index is 441. The quantitative estimate of drug-likeness (QED) is 0.556. The second-order valence-corrected chi connectivity index (χ2v) is 6.28. The molecule has 0 fully saturated rings. The van der Waals surface area contributed by atoms with Crippen LogP contribution >= 0.6 is 11.6 Å². The fourth-order valence-electron chi connectivity index (χ4n) is 1.88. The zero-order valence-corrected chi connectivity index (χ0v) is 14.0. The highest BCUT2D eigenvalue weighted by Gasteiger charge is 2.19. The first-order valence-corrected chi connectivity index (χ1v) is 7.65. The largest absolute Gasteiger partial charge is 0.491 e. The fraction of sp³-hybridized carbons (Fsp3) is 0.529. The highest BCUT2D eigenvalue weighted by molar-refractivity contribution is 6.30. The normalized spacial score (nSPS) is 11.4. The molecule has 0 aromatic heterocycles. The average molecular weight is 312 g/mol. The molecule has 0 amide bonds. The molecule has 0 atom stereocenters. The van der Waals surface area contributed by atoms with Crippen molar-refractivity contribution in [3.63, 3.8) is 0 Å². The summed E-state index contributed by atoms with van der Waals surface area (Å²) in [5.74, 6) is 0.875. The van der Waals surface area contributed by atoms with Gasteiger partial charge in [0.15, 0.2) is 0 Å². The van der Waals surface area contributed by atoms with E-state index in [-0.39, 0.29) is 5.41 Å². The third-order valence-corrected chi connectivity index (χ3v) is 3.18. The van der Waals surface area contributed by atoms with Crippen LogP contribution in [-0.4, -0.2) is 32.9 Å². The smallest absolute Gasteiger partial charge is 0.123 e. The summed E-state index contributed by atoms with van der Waals surface area (Å²) in [5.41, 5.74) is 1.11. The summed E-state index contributed by atoms with van der Waals surface area (Å²) in [7, 11) is 0. The molecule has 1 aromatic carbocycles. The van der Waals surface area contributed by atoms with Crippen LogP contribution < -0.4 is 10.1 Å². The summed E-state index contributed by atoms with van der Waals surface area (Å²) < 4.78 is 11.3. The number of hydrogen-bond donors (Lipinski definition) is 1. The third-order valence-electron chi connectivity index (χ3n) is 2.95. The molecule has 1 N–H and O–H groups in total. The van der Waals surface area contributed by atoms with Crippen LogP contribution in [0.25, 0.3) is 0 Å². The van der Waals surface area contributed by atoms with Crippen molar-refractivity contribution in [1.29, 1.82) is 0 Å². The van der Waals surface area contributed by atoms with E-state index in [0.717, 1.165) is 29.4 Å². The molecule has 21 heavy (non-hydrogen) atoms. The van der Waals surface area contributed by atoms with Crippen molar-refractivity contribution in [3.05, 3.63) is 41.4 Å². The van der Waals surface area contributed by atoms with Crippen molar-refractivity contribution in [1.82, 2.24) is 5.32 Å². The van der Waals surface area contributed by atoms with Crippen molar-refractivity contribution in [2.45, 2.75) is 26.2 Å². The van der Waals surface area contributed by atoms with Gasteiger partial charge in [0, 0.05) is 23.7 Å². The maximum Gasteiger partial charge on any atom is 0.123 e. The van der Waals surface area contributed by atoms with Gasteiger partial charge in [-0.25, -0.2) is 0 Å². The Labute approximate surface area is 133 Å². The Morgan fingerprint density at radius 3 is 2.67 bits per heavy atom. The highest BCUT2D eigenvalue weighted by Crippen LogP contribution is 2.33. The SMILES string of the molecule is C=CCNCCOCCOc1ccc(Cl)cc1C(C)(C)C. The molecular weight excluding hydrogens is 286 g/mol. The Morgan fingerprint density at radius 1 is 1.24 bits per heavy atom. The van der Waals surface area contributed by atoms with Crippen molar-refractivity contribution in [2.75, 3.05) is 32.9 Å². The minimum Gasteiger partial charge on any atom is -0.491 e. The van der Waals surface area contributed by atoms with Crippen LogP contribution in [0.4, 0.5) is 0 Å². The number of hydrogen-bond acceptors (Lipinski definition) is 3. The van der Waals surface area contributed by atoms with Crippen LogP contribution in [0.3, 0.4) is 0 Å². The van der Waals surface area contributed by atoms with Gasteiger partial charge in [0.2, 0.25) is 0 Å². The summed E-state index contributed by atoms with van der Waals surface area (Å²) >= 11 is 6.07. The van der Waals surface area contributed by atoms with E-state index < -0.39 is 0 Å². The first kappa shape index (κ1) is 18.0. The van der Waals surface area contributed by atoms with Gasteiger partial charge in [-0.05, 0) is 23.6 Å². The molecule has 0 saturated carbocycles. The van der Waals surface area contributed by atoms with E-state index in [1.54, 1.807) is 0 Å². The predicted molar refractivity (Wildman–Crippen MR) is 89.5 cm³/mol. The van der Waals surface area contributed by atoms with Gasteiger partial charge >= 0.3 is 0 Å². The zero-order valence-electron chi connectivity index (χ0n) is 13.2. The van der Waals surface area contributed by atoms with E-state index in [0.29, 0.717) is 19.8 Å². The summed E-state index contributed by atoms with van der Waals surface area (Å²) in [6.07, 6.45) is 1.83. The summed E-state index contributed by atoms with van der Waals surface area (Å²) in [6, 6.07) is 5.75. The molecule has 0 aliphatic heterocycles. The van der Waals surface area contributed by atoms with Gasteiger partial charge in [-0.15, -0.1) is 6.58 Å². The maximum atomic E-state index is 6.07. The fourth-order valence-corrected chi connectivity index (χ4v) is 2.05. The van der Waals surface area contributed by atoms with Crippen LogP contribution in [0.1, 0.15) is 26.3 Å². The Kier molecular flexibility index (Phi) is 7.79. The summed E-state index contributed by atoms with van der Waals surface area (Å²) in [6.45, 7) is 13.5. The standard InChI is InChI=1S/C17H26ClNO2/c1-5-8-19-9-10-20-11-12-21-16-7-6-14(18)13-15(16)17(2,3)4/h5-7,13,19H,1,8-12H2,2-4H3. The predicted octanol–water partition coefficient (Wildman–Crippen LogP) is 3.81. The summed E-state index contributed by atoms with van der Waals surface area (Å²) in [4.78, 5) is 0. The van der Waals surface area contributed by atoms with Crippen LogP contribution in [0.5, 0.6) is 5.75 Å². The number of halogens is 1. The highest BCUT2D eigenvalue weighted by atomic mass is 35.5. The van der Waals surface area contributed by atoms with E-state index in [9.17, 15) is 0 Å². The Hall–Kier alpha value is -1.03. The molecule has 3 nitrogen and oxygen atoms in total.